The lowest BCUT2D eigenvalue weighted by Crippen LogP contribution is -2.50. The van der Waals surface area contributed by atoms with Crippen LogP contribution in [0.4, 0.5) is 0 Å². The number of fused-ring (bicyclic) bond motifs is 1. The van der Waals surface area contributed by atoms with Crippen LogP contribution >= 0.6 is 0 Å². The molecule has 1 aromatic heterocycles. The van der Waals surface area contributed by atoms with E-state index in [1.165, 1.54) is 6.07 Å². The van der Waals surface area contributed by atoms with E-state index in [9.17, 15) is 9.59 Å². The number of hydrogen-bond donors (Lipinski definition) is 4. The number of aromatic amines is 1. The maximum absolute atomic E-state index is 12.2. The summed E-state index contributed by atoms with van der Waals surface area (Å²) in [4.78, 5) is 26.3. The van der Waals surface area contributed by atoms with Crippen molar-refractivity contribution in [2.24, 2.45) is 0 Å². The number of nitriles is 1. The zero-order chi connectivity index (χ0) is 27.7. The van der Waals surface area contributed by atoms with Crippen molar-refractivity contribution < 1.29 is 19.4 Å². The number of para-hydroxylation sites is 1. The Kier molecular flexibility index (Phi) is 14.1. The maximum atomic E-state index is 12.2. The molecule has 37 heavy (non-hydrogen) atoms. The number of carbonyl (C=O) groups excluding carboxylic acids is 1. The number of aromatic nitrogens is 1. The molecule has 0 aliphatic rings. The first-order chi connectivity index (χ1) is 17.9. The molecule has 0 aliphatic carbocycles. The lowest BCUT2D eigenvalue weighted by Gasteiger charge is -2.26. The lowest BCUT2D eigenvalue weighted by atomic mass is 10.1. The molecule has 3 aromatic rings. The topological polar surface area (TPSA) is 136 Å². The summed E-state index contributed by atoms with van der Waals surface area (Å²) >= 11 is 0. The molecular weight excluding hydrogens is 472 g/mol. The number of hydrogen-bond acceptors (Lipinski definition) is 7. The van der Waals surface area contributed by atoms with Crippen LogP contribution in [0, 0.1) is 11.3 Å². The quantitative estimate of drug-likeness (QED) is 0.290. The Labute approximate surface area is 218 Å². The van der Waals surface area contributed by atoms with Gasteiger partial charge in [-0.3, -0.25) is 9.59 Å². The number of aliphatic hydroxyl groups is 1. The molecule has 2 aromatic carbocycles. The minimum absolute atomic E-state index is 0.100. The fourth-order valence-corrected chi connectivity index (χ4v) is 3.17. The van der Waals surface area contributed by atoms with Crippen molar-refractivity contribution in [1.29, 1.82) is 5.26 Å². The van der Waals surface area contributed by atoms with E-state index in [1.807, 2.05) is 33.8 Å². The molecule has 0 atom stereocenters. The molecule has 0 saturated carbocycles. The second-order valence-electron chi connectivity index (χ2n) is 8.26. The van der Waals surface area contributed by atoms with Crippen molar-refractivity contribution in [2.45, 2.75) is 39.7 Å². The first-order valence-corrected chi connectivity index (χ1v) is 12.2. The van der Waals surface area contributed by atoms with Gasteiger partial charge in [0.25, 0.3) is 5.91 Å². The van der Waals surface area contributed by atoms with Crippen molar-refractivity contribution >= 4 is 16.8 Å². The summed E-state index contributed by atoms with van der Waals surface area (Å²) in [7, 11) is 1.00. The Bertz CT molecular complexity index is 1200. The van der Waals surface area contributed by atoms with Gasteiger partial charge in [-0.2, -0.15) is 5.26 Å². The molecule has 0 bridgehead atoms. The Balaban J connectivity index is 0.00000163. The number of carbonyl (C=O) groups is 1. The van der Waals surface area contributed by atoms with Crippen LogP contribution in [0.25, 0.3) is 10.9 Å². The highest BCUT2D eigenvalue weighted by atomic mass is 16.5. The average molecular weight is 511 g/mol. The predicted octanol–water partition coefficient (Wildman–Crippen LogP) is 3.37. The van der Waals surface area contributed by atoms with Gasteiger partial charge < -0.3 is 30.2 Å². The number of ether oxygens (including phenoxy) is 2. The van der Waals surface area contributed by atoms with Gasteiger partial charge in [0.05, 0.1) is 12.2 Å². The second kappa shape index (κ2) is 16.7. The summed E-state index contributed by atoms with van der Waals surface area (Å²) in [5.41, 5.74) is 0.763. The number of nitrogens with one attached hydrogen (secondary N) is 3. The third-order valence-corrected chi connectivity index (χ3v) is 4.98. The Morgan fingerprint density at radius 2 is 1.81 bits per heavy atom. The summed E-state index contributed by atoms with van der Waals surface area (Å²) in [5, 5.41) is 23.2. The number of nitrogens with zero attached hydrogens (tertiary/aromatic N) is 1. The molecule has 9 nitrogen and oxygen atoms in total. The number of benzene rings is 2. The van der Waals surface area contributed by atoms with E-state index in [1.54, 1.807) is 42.5 Å². The molecule has 1 amide bonds. The van der Waals surface area contributed by atoms with E-state index in [0.29, 0.717) is 42.3 Å². The summed E-state index contributed by atoms with van der Waals surface area (Å²) in [6.45, 7) is 9.53. The molecule has 0 aliphatic heterocycles. The average Bonchev–Trinajstić information content (AvgIpc) is 2.93. The van der Waals surface area contributed by atoms with Gasteiger partial charge in [0, 0.05) is 36.2 Å². The van der Waals surface area contributed by atoms with Crippen molar-refractivity contribution in [2.75, 3.05) is 33.4 Å². The number of rotatable bonds is 11. The largest absolute Gasteiger partial charge is 0.492 e. The minimum Gasteiger partial charge on any atom is -0.492 e. The molecule has 1 heterocycles. The smallest absolute Gasteiger partial charge is 0.258 e. The highest BCUT2D eigenvalue weighted by molar-refractivity contribution is 5.80. The molecule has 0 saturated heterocycles. The highest BCUT2D eigenvalue weighted by Gasteiger charge is 2.18. The van der Waals surface area contributed by atoms with Gasteiger partial charge in [0.2, 0.25) is 5.56 Å². The van der Waals surface area contributed by atoms with Gasteiger partial charge in [0.15, 0.2) is 6.61 Å². The number of H-pyrrole nitrogens is 1. The van der Waals surface area contributed by atoms with Gasteiger partial charge in [-0.25, -0.2) is 0 Å². The van der Waals surface area contributed by atoms with Crippen LogP contribution in [0.15, 0.2) is 59.4 Å². The second-order valence-corrected chi connectivity index (χ2v) is 8.26. The van der Waals surface area contributed by atoms with Gasteiger partial charge >= 0.3 is 0 Å². The monoisotopic (exact) mass is 510 g/mol. The van der Waals surface area contributed by atoms with Crippen LogP contribution in [0.3, 0.4) is 0 Å². The van der Waals surface area contributed by atoms with Crippen LogP contribution in [0.2, 0.25) is 0 Å². The molecule has 9 heteroatoms. The number of aliphatic hydroxyl groups excluding tert-OH is 1. The summed E-state index contributed by atoms with van der Waals surface area (Å²) < 4.78 is 11.3. The normalized spacial score (nSPS) is 10.2. The van der Waals surface area contributed by atoms with E-state index < -0.39 is 0 Å². The molecule has 0 fully saturated rings. The number of amides is 1. The molecule has 3 rings (SSSR count). The third-order valence-electron chi connectivity index (χ3n) is 4.98. The van der Waals surface area contributed by atoms with Gasteiger partial charge in [-0.05, 0) is 63.2 Å². The molecular formula is C28H38N4O5. The van der Waals surface area contributed by atoms with E-state index in [0.717, 1.165) is 18.9 Å². The molecule has 0 unspecified atom stereocenters. The standard InChI is InChI=1S/C25H28N4O4.C2H6.CH4O/c1-25(2,28-12-5-13-32-22-7-4-3-6-19(22)15-26)17-27-24(31)16-33-20-9-10-21-18(14-20)8-11-23(30)29-21;2*1-2/h3-4,6-11,14,28H,5,12-13,16-17H2,1-2H3,(H,27,31)(H,29,30);1-2H3;2H,1H3. The van der Waals surface area contributed by atoms with E-state index >= 15 is 0 Å². The third kappa shape index (κ3) is 11.2. The summed E-state index contributed by atoms with van der Waals surface area (Å²) in [5.74, 6) is 0.925. The van der Waals surface area contributed by atoms with Crippen molar-refractivity contribution in [3.05, 3.63) is 70.5 Å². The van der Waals surface area contributed by atoms with E-state index in [4.69, 9.17) is 19.8 Å². The van der Waals surface area contributed by atoms with Crippen LogP contribution in [-0.2, 0) is 4.79 Å². The fourth-order valence-electron chi connectivity index (χ4n) is 3.17. The Morgan fingerprint density at radius 1 is 1.08 bits per heavy atom. The van der Waals surface area contributed by atoms with Crippen LogP contribution in [0.5, 0.6) is 11.5 Å². The minimum atomic E-state index is -0.310. The first-order valence-electron chi connectivity index (χ1n) is 12.2. The zero-order valence-electron chi connectivity index (χ0n) is 22.3. The Hall–Kier alpha value is -3.87. The fraction of sp³-hybridized carbons (Fsp3) is 0.393. The maximum Gasteiger partial charge on any atom is 0.258 e. The van der Waals surface area contributed by atoms with E-state index in [2.05, 4.69) is 21.7 Å². The lowest BCUT2D eigenvalue weighted by molar-refractivity contribution is -0.123. The first kappa shape index (κ1) is 31.2. The number of pyridine rings is 1. The van der Waals surface area contributed by atoms with Gasteiger partial charge in [0.1, 0.15) is 17.6 Å². The summed E-state index contributed by atoms with van der Waals surface area (Å²) in [6, 6.07) is 17.7. The van der Waals surface area contributed by atoms with Crippen LogP contribution < -0.4 is 25.7 Å². The van der Waals surface area contributed by atoms with Crippen LogP contribution in [-0.4, -0.2) is 54.9 Å². The van der Waals surface area contributed by atoms with Gasteiger partial charge in [-0.1, -0.05) is 26.0 Å². The zero-order valence-corrected chi connectivity index (χ0v) is 22.3. The Morgan fingerprint density at radius 3 is 2.54 bits per heavy atom. The molecule has 200 valence electrons. The van der Waals surface area contributed by atoms with E-state index in [-0.39, 0.29) is 23.6 Å². The van der Waals surface area contributed by atoms with Crippen molar-refractivity contribution in [1.82, 2.24) is 15.6 Å². The molecule has 0 spiro atoms. The van der Waals surface area contributed by atoms with Crippen molar-refractivity contribution in [3.63, 3.8) is 0 Å². The molecule has 0 radical (unpaired) electrons. The predicted molar refractivity (Wildman–Crippen MR) is 146 cm³/mol. The van der Waals surface area contributed by atoms with Crippen molar-refractivity contribution in [3.8, 4) is 17.6 Å². The summed E-state index contributed by atoms with van der Waals surface area (Å²) in [6.07, 6.45) is 0.757. The van der Waals surface area contributed by atoms with Gasteiger partial charge in [-0.15, -0.1) is 0 Å². The molecule has 4 N–H and O–H groups in total. The highest BCUT2D eigenvalue weighted by Crippen LogP contribution is 2.18. The SMILES string of the molecule is CC.CC(C)(CNC(=O)COc1ccc2[nH]c(=O)ccc2c1)NCCCOc1ccccc1C#N.CO. The van der Waals surface area contributed by atoms with Crippen LogP contribution in [0.1, 0.15) is 39.7 Å².